The molecule has 4 aromatic rings. The number of pyridine rings is 1. The lowest BCUT2D eigenvalue weighted by atomic mass is 10.2. The summed E-state index contributed by atoms with van der Waals surface area (Å²) in [6.45, 7) is 1.83. The number of nitrogens with zero attached hydrogens (tertiary/aromatic N) is 4. The van der Waals surface area contributed by atoms with Gasteiger partial charge in [0.15, 0.2) is 0 Å². The third kappa shape index (κ3) is 3.60. The molecule has 1 unspecified atom stereocenters. The van der Waals surface area contributed by atoms with Crippen molar-refractivity contribution in [1.82, 2.24) is 14.5 Å². The number of rotatable bonds is 4. The van der Waals surface area contributed by atoms with Gasteiger partial charge in [-0.2, -0.15) is 0 Å². The predicted octanol–water partition coefficient (Wildman–Crippen LogP) is 3.82. The maximum absolute atomic E-state index is 13.2. The molecule has 1 amide bonds. The fourth-order valence-electron chi connectivity index (χ4n) is 3.04. The maximum Gasteiger partial charge on any atom is 0.275 e. The second-order valence-electron chi connectivity index (χ2n) is 6.76. The number of halogens is 1. The number of benzene rings is 1. The van der Waals surface area contributed by atoms with Gasteiger partial charge in [-0.25, -0.2) is 9.97 Å². The minimum absolute atomic E-state index is 0.0620. The first kappa shape index (κ1) is 19.8. The Bertz CT molecular complexity index is 1280. The van der Waals surface area contributed by atoms with Crippen LogP contribution in [0.25, 0.3) is 26.1 Å². The molecule has 29 heavy (non-hydrogen) atoms. The first-order chi connectivity index (χ1) is 13.9. The summed E-state index contributed by atoms with van der Waals surface area (Å²) in [6.07, 6.45) is 3.29. The Morgan fingerprint density at radius 1 is 1.21 bits per heavy atom. The molecule has 0 saturated carbocycles. The molecule has 1 N–H and O–H groups in total. The number of hydrogen-bond donors (Lipinski definition) is 1. The number of hydrogen-bond acceptors (Lipinski definition) is 6. The van der Waals surface area contributed by atoms with Gasteiger partial charge in [0.2, 0.25) is 5.91 Å². The first-order valence-electron chi connectivity index (χ1n) is 8.88. The third-order valence-electron chi connectivity index (χ3n) is 4.52. The molecule has 7 nitrogen and oxygen atoms in total. The lowest BCUT2D eigenvalue weighted by Crippen LogP contribution is -2.20. The van der Waals surface area contributed by atoms with Gasteiger partial charge in [0.1, 0.15) is 15.9 Å². The number of carbonyl (C=O) groups is 1. The summed E-state index contributed by atoms with van der Waals surface area (Å²) in [7, 11) is 3.91. The number of amides is 1. The van der Waals surface area contributed by atoms with Gasteiger partial charge in [-0.1, -0.05) is 22.6 Å². The number of aromatic nitrogens is 3. The molecule has 3 heterocycles. The molecule has 1 atom stereocenters. The normalized spacial score (nSPS) is 12.3. The van der Waals surface area contributed by atoms with E-state index in [2.05, 4.69) is 37.9 Å². The summed E-state index contributed by atoms with van der Waals surface area (Å²) >= 11 is 3.41. The van der Waals surface area contributed by atoms with E-state index >= 15 is 0 Å². The highest BCUT2D eigenvalue weighted by atomic mass is 127. The van der Waals surface area contributed by atoms with Crippen LogP contribution in [-0.4, -0.2) is 38.5 Å². The molecule has 0 aliphatic rings. The van der Waals surface area contributed by atoms with Crippen molar-refractivity contribution in [1.29, 1.82) is 0 Å². The molecule has 0 aliphatic heterocycles. The fourth-order valence-corrected chi connectivity index (χ4v) is 4.24. The molecular weight excluding hydrogens is 501 g/mol. The fraction of sp³-hybridized carbons (Fsp3) is 0.200. The summed E-state index contributed by atoms with van der Waals surface area (Å²) in [4.78, 5) is 36.8. The molecule has 0 fully saturated rings. The summed E-state index contributed by atoms with van der Waals surface area (Å²) in [5.74, 6) is -0.0620. The van der Waals surface area contributed by atoms with Gasteiger partial charge in [-0.3, -0.25) is 14.2 Å². The first-order valence-corrected chi connectivity index (χ1v) is 10.9. The summed E-state index contributed by atoms with van der Waals surface area (Å²) in [6, 6.07) is 9.06. The standard InChI is InChI=1S/C20H18IN5O2S/c1-11(21)18(27)24-12-4-6-13(7-5-12)26-10-23-16-15-14(25(2)3)8-9-22-19(15)29-17(16)20(26)28/h4-11H,1-3H3,(H,24,27). The molecule has 0 spiro atoms. The Balaban J connectivity index is 1.79. The van der Waals surface area contributed by atoms with Crippen molar-refractivity contribution in [3.8, 4) is 5.69 Å². The number of alkyl halides is 1. The van der Waals surface area contributed by atoms with Crippen molar-refractivity contribution in [3.63, 3.8) is 0 Å². The minimum Gasteiger partial charge on any atom is -0.377 e. The minimum atomic E-state index is -0.139. The lowest BCUT2D eigenvalue weighted by Gasteiger charge is -2.13. The van der Waals surface area contributed by atoms with Crippen LogP contribution in [0, 0.1) is 0 Å². The Morgan fingerprint density at radius 2 is 1.93 bits per heavy atom. The Hall–Kier alpha value is -2.53. The average Bonchev–Trinajstić information content (AvgIpc) is 3.08. The molecule has 0 aliphatic carbocycles. The van der Waals surface area contributed by atoms with Crippen LogP contribution in [0.15, 0.2) is 47.7 Å². The zero-order valence-electron chi connectivity index (χ0n) is 16.0. The smallest absolute Gasteiger partial charge is 0.275 e. The second-order valence-corrected chi connectivity index (χ2v) is 9.62. The highest BCUT2D eigenvalue weighted by molar-refractivity contribution is 14.1. The van der Waals surface area contributed by atoms with Gasteiger partial charge >= 0.3 is 0 Å². The number of thiophene rings is 1. The van der Waals surface area contributed by atoms with Crippen molar-refractivity contribution in [2.24, 2.45) is 0 Å². The van der Waals surface area contributed by atoms with Gasteiger partial charge in [0.25, 0.3) is 5.56 Å². The molecule has 4 rings (SSSR count). The van der Waals surface area contributed by atoms with Gasteiger partial charge in [0, 0.05) is 26.0 Å². The van der Waals surface area contributed by atoms with E-state index in [0.29, 0.717) is 21.6 Å². The van der Waals surface area contributed by atoms with E-state index in [9.17, 15) is 9.59 Å². The van der Waals surface area contributed by atoms with E-state index in [0.717, 1.165) is 15.9 Å². The Labute approximate surface area is 184 Å². The number of fused-ring (bicyclic) bond motifs is 3. The van der Waals surface area contributed by atoms with Crippen LogP contribution in [0.4, 0.5) is 11.4 Å². The quantitative estimate of drug-likeness (QED) is 0.328. The van der Waals surface area contributed by atoms with Gasteiger partial charge in [-0.15, -0.1) is 11.3 Å². The SMILES string of the molecule is CC(I)C(=O)Nc1ccc(-n2cnc3c(sc4nccc(N(C)C)c43)c2=O)cc1. The van der Waals surface area contributed by atoms with Crippen LogP contribution in [0.1, 0.15) is 6.92 Å². The molecule has 0 radical (unpaired) electrons. The van der Waals surface area contributed by atoms with Crippen LogP contribution >= 0.6 is 33.9 Å². The molecule has 148 valence electrons. The van der Waals surface area contributed by atoms with Gasteiger partial charge in [0.05, 0.1) is 26.2 Å². The molecule has 0 bridgehead atoms. The van der Waals surface area contributed by atoms with Crippen LogP contribution in [0.2, 0.25) is 0 Å². The summed E-state index contributed by atoms with van der Waals surface area (Å²) < 4.78 is 1.95. The van der Waals surface area contributed by atoms with Crippen molar-refractivity contribution in [3.05, 3.63) is 53.2 Å². The molecule has 0 saturated heterocycles. The third-order valence-corrected chi connectivity index (χ3v) is 6.16. The van der Waals surface area contributed by atoms with E-state index in [4.69, 9.17) is 0 Å². The summed E-state index contributed by atoms with van der Waals surface area (Å²) in [5.41, 5.74) is 2.88. The van der Waals surface area contributed by atoms with Crippen LogP contribution in [0.5, 0.6) is 0 Å². The zero-order valence-corrected chi connectivity index (χ0v) is 19.0. The van der Waals surface area contributed by atoms with Gasteiger partial charge < -0.3 is 10.2 Å². The lowest BCUT2D eigenvalue weighted by molar-refractivity contribution is -0.115. The predicted molar refractivity (Wildman–Crippen MR) is 127 cm³/mol. The number of anilines is 2. The molecule has 9 heteroatoms. The van der Waals surface area contributed by atoms with E-state index in [1.165, 1.54) is 15.9 Å². The maximum atomic E-state index is 13.2. The van der Waals surface area contributed by atoms with E-state index in [1.54, 1.807) is 36.8 Å². The average molecular weight is 519 g/mol. The second kappa shape index (κ2) is 7.71. The molecule has 3 aromatic heterocycles. The van der Waals surface area contributed by atoms with E-state index < -0.39 is 0 Å². The highest BCUT2D eigenvalue weighted by Crippen LogP contribution is 2.35. The highest BCUT2D eigenvalue weighted by Gasteiger charge is 2.17. The van der Waals surface area contributed by atoms with Crippen molar-refractivity contribution in [2.45, 2.75) is 10.8 Å². The molecular formula is C20H18IN5O2S. The van der Waals surface area contributed by atoms with Crippen LogP contribution < -0.4 is 15.8 Å². The van der Waals surface area contributed by atoms with Gasteiger partial charge in [-0.05, 0) is 37.3 Å². The molecule has 1 aromatic carbocycles. The monoisotopic (exact) mass is 519 g/mol. The summed E-state index contributed by atoms with van der Waals surface area (Å²) in [5, 5.41) is 3.73. The van der Waals surface area contributed by atoms with Crippen molar-refractivity contribution in [2.75, 3.05) is 24.3 Å². The van der Waals surface area contributed by atoms with E-state index in [1.807, 2.05) is 32.0 Å². The number of carbonyl (C=O) groups excluding carboxylic acids is 1. The number of nitrogens with one attached hydrogen (secondary N) is 1. The van der Waals surface area contributed by atoms with Crippen LogP contribution in [0.3, 0.4) is 0 Å². The van der Waals surface area contributed by atoms with Crippen molar-refractivity contribution >= 4 is 71.6 Å². The van der Waals surface area contributed by atoms with Crippen molar-refractivity contribution < 1.29 is 4.79 Å². The Morgan fingerprint density at radius 3 is 2.59 bits per heavy atom. The van der Waals surface area contributed by atoms with Crippen LogP contribution in [-0.2, 0) is 4.79 Å². The topological polar surface area (TPSA) is 80.1 Å². The zero-order chi connectivity index (χ0) is 20.7. The van der Waals surface area contributed by atoms with E-state index in [-0.39, 0.29) is 15.4 Å². The Kier molecular flexibility index (Phi) is 5.26. The largest absolute Gasteiger partial charge is 0.377 e.